The van der Waals surface area contributed by atoms with E-state index in [1.54, 1.807) is 15.9 Å². The average molecular weight is 404 g/mol. The maximum atomic E-state index is 12.5. The molecule has 1 N–H and O–H groups in total. The predicted octanol–water partition coefficient (Wildman–Crippen LogP) is 2.66. The monoisotopic (exact) mass is 403 g/mol. The highest BCUT2D eigenvalue weighted by molar-refractivity contribution is 7.19. The van der Waals surface area contributed by atoms with Crippen LogP contribution in [-0.2, 0) is 22.5 Å². The molecule has 0 fully saturated rings. The lowest BCUT2D eigenvalue weighted by Crippen LogP contribution is -2.31. The SMILES string of the molecule is CCOCCCNC(=O)c1nc2c3c4c(sc3nc(C)n2n1)COC(C)(C)C4. The first kappa shape index (κ1) is 19.2. The Balaban J connectivity index is 1.68. The topological polar surface area (TPSA) is 90.6 Å². The van der Waals surface area contributed by atoms with E-state index < -0.39 is 0 Å². The smallest absolute Gasteiger partial charge is 0.290 e. The van der Waals surface area contributed by atoms with E-state index in [9.17, 15) is 4.79 Å². The molecular weight excluding hydrogens is 378 g/mol. The number of nitrogens with zero attached hydrogens (tertiary/aromatic N) is 4. The molecule has 1 amide bonds. The summed E-state index contributed by atoms with van der Waals surface area (Å²) in [5.74, 6) is 0.602. The van der Waals surface area contributed by atoms with E-state index in [0.29, 0.717) is 37.8 Å². The number of carbonyl (C=O) groups is 1. The lowest BCUT2D eigenvalue weighted by molar-refractivity contribution is -0.0379. The number of aromatic nitrogens is 4. The highest BCUT2D eigenvalue weighted by atomic mass is 32.1. The predicted molar refractivity (Wildman–Crippen MR) is 107 cm³/mol. The second-order valence-electron chi connectivity index (χ2n) is 7.55. The highest BCUT2D eigenvalue weighted by Crippen LogP contribution is 2.39. The minimum absolute atomic E-state index is 0.167. The Morgan fingerprint density at radius 2 is 2.21 bits per heavy atom. The Labute approximate surface area is 167 Å². The summed E-state index contributed by atoms with van der Waals surface area (Å²) >= 11 is 1.64. The molecule has 0 atom stereocenters. The summed E-state index contributed by atoms with van der Waals surface area (Å²) in [4.78, 5) is 23.9. The number of thiophene rings is 1. The van der Waals surface area contributed by atoms with Crippen LogP contribution in [-0.4, -0.2) is 50.8 Å². The fraction of sp³-hybridized carbons (Fsp3) is 0.579. The van der Waals surface area contributed by atoms with Gasteiger partial charge >= 0.3 is 0 Å². The molecule has 8 nitrogen and oxygen atoms in total. The summed E-state index contributed by atoms with van der Waals surface area (Å²) in [6.07, 6.45) is 1.54. The van der Waals surface area contributed by atoms with Crippen LogP contribution in [0, 0.1) is 6.92 Å². The van der Waals surface area contributed by atoms with Crippen molar-refractivity contribution in [2.45, 2.75) is 52.7 Å². The largest absolute Gasteiger partial charge is 0.382 e. The average Bonchev–Trinajstić information content (AvgIpc) is 3.22. The van der Waals surface area contributed by atoms with Crippen molar-refractivity contribution < 1.29 is 14.3 Å². The molecule has 9 heteroatoms. The molecule has 0 spiro atoms. The van der Waals surface area contributed by atoms with Gasteiger partial charge in [-0.25, -0.2) is 9.97 Å². The second-order valence-corrected chi connectivity index (χ2v) is 8.63. The van der Waals surface area contributed by atoms with Crippen LogP contribution < -0.4 is 5.32 Å². The molecule has 0 saturated carbocycles. The molecule has 0 aliphatic carbocycles. The fourth-order valence-corrected chi connectivity index (χ4v) is 4.58. The first-order chi connectivity index (χ1) is 13.4. The molecule has 1 aliphatic heterocycles. The van der Waals surface area contributed by atoms with Crippen molar-refractivity contribution in [1.29, 1.82) is 0 Å². The van der Waals surface area contributed by atoms with E-state index in [1.807, 2.05) is 13.8 Å². The molecular formula is C19H25N5O3S. The van der Waals surface area contributed by atoms with Crippen LogP contribution >= 0.6 is 11.3 Å². The third kappa shape index (κ3) is 3.49. The summed E-state index contributed by atoms with van der Waals surface area (Å²) < 4.78 is 12.9. The van der Waals surface area contributed by atoms with Crippen molar-refractivity contribution in [2.75, 3.05) is 19.8 Å². The van der Waals surface area contributed by atoms with Crippen molar-refractivity contribution in [3.63, 3.8) is 0 Å². The van der Waals surface area contributed by atoms with E-state index in [4.69, 9.17) is 14.5 Å². The van der Waals surface area contributed by atoms with Gasteiger partial charge in [-0.1, -0.05) is 0 Å². The molecule has 3 aromatic heterocycles. The molecule has 1 aliphatic rings. The summed E-state index contributed by atoms with van der Waals surface area (Å²) in [6.45, 7) is 10.4. The number of aryl methyl sites for hydroxylation is 1. The van der Waals surface area contributed by atoms with Gasteiger partial charge < -0.3 is 14.8 Å². The maximum Gasteiger partial charge on any atom is 0.290 e. The lowest BCUT2D eigenvalue weighted by Gasteiger charge is -2.30. The quantitative estimate of drug-likeness (QED) is 0.637. The van der Waals surface area contributed by atoms with Gasteiger partial charge in [-0.05, 0) is 39.7 Å². The molecule has 3 aromatic rings. The molecule has 0 bridgehead atoms. The van der Waals surface area contributed by atoms with Crippen LogP contribution in [0.2, 0.25) is 0 Å². The van der Waals surface area contributed by atoms with E-state index >= 15 is 0 Å². The van der Waals surface area contributed by atoms with Crippen molar-refractivity contribution in [2.24, 2.45) is 0 Å². The van der Waals surface area contributed by atoms with Crippen LogP contribution in [0.5, 0.6) is 0 Å². The van der Waals surface area contributed by atoms with Crippen LogP contribution in [0.25, 0.3) is 15.9 Å². The number of fused-ring (bicyclic) bond motifs is 5. The van der Waals surface area contributed by atoms with Crippen molar-refractivity contribution in [3.8, 4) is 0 Å². The first-order valence-corrected chi connectivity index (χ1v) is 10.4. The van der Waals surface area contributed by atoms with Crippen LogP contribution in [0.3, 0.4) is 0 Å². The van der Waals surface area contributed by atoms with Gasteiger partial charge in [0, 0.05) is 31.1 Å². The van der Waals surface area contributed by atoms with Crippen LogP contribution in [0.4, 0.5) is 0 Å². The van der Waals surface area contributed by atoms with Gasteiger partial charge in [0.25, 0.3) is 5.91 Å². The molecule has 28 heavy (non-hydrogen) atoms. The van der Waals surface area contributed by atoms with Gasteiger partial charge in [-0.3, -0.25) is 4.79 Å². The van der Waals surface area contributed by atoms with E-state index in [-0.39, 0.29) is 17.3 Å². The zero-order valence-corrected chi connectivity index (χ0v) is 17.5. The summed E-state index contributed by atoms with van der Waals surface area (Å²) in [5.41, 5.74) is 1.67. The summed E-state index contributed by atoms with van der Waals surface area (Å²) in [5, 5.41) is 8.27. The number of hydrogen-bond acceptors (Lipinski definition) is 7. The van der Waals surface area contributed by atoms with Gasteiger partial charge in [0.1, 0.15) is 10.7 Å². The van der Waals surface area contributed by atoms with Gasteiger partial charge in [0.2, 0.25) is 5.82 Å². The summed E-state index contributed by atoms with van der Waals surface area (Å²) in [6, 6.07) is 0. The Morgan fingerprint density at radius 3 is 3.00 bits per heavy atom. The standard InChI is InChI=1S/C19H25N5O3S/c1-5-26-8-6-7-20-17(25)15-22-16-14-12-9-19(3,4)27-10-13(12)28-18(14)21-11(2)24(16)23-15/h5-10H2,1-4H3,(H,20,25). The Morgan fingerprint density at radius 1 is 1.39 bits per heavy atom. The number of amides is 1. The summed E-state index contributed by atoms with van der Waals surface area (Å²) in [7, 11) is 0. The molecule has 4 rings (SSSR count). The lowest BCUT2D eigenvalue weighted by atomic mass is 9.94. The highest BCUT2D eigenvalue weighted by Gasteiger charge is 2.31. The molecule has 0 aromatic carbocycles. The normalized spacial score (nSPS) is 15.9. The van der Waals surface area contributed by atoms with Gasteiger partial charge in [0.05, 0.1) is 17.6 Å². The number of hydrogen-bond donors (Lipinski definition) is 1. The van der Waals surface area contributed by atoms with Crippen LogP contribution in [0.15, 0.2) is 0 Å². The molecule has 4 heterocycles. The van der Waals surface area contributed by atoms with E-state index in [1.165, 1.54) is 10.4 Å². The number of rotatable bonds is 6. The Kier molecular flexibility index (Phi) is 5.07. The zero-order chi connectivity index (χ0) is 19.9. The Bertz CT molecular complexity index is 1040. The van der Waals surface area contributed by atoms with E-state index in [0.717, 1.165) is 23.1 Å². The molecule has 0 unspecified atom stereocenters. The molecule has 150 valence electrons. The third-order valence-corrected chi connectivity index (χ3v) is 5.93. The Hall–Kier alpha value is -2.10. The van der Waals surface area contributed by atoms with Gasteiger partial charge in [-0.2, -0.15) is 4.52 Å². The van der Waals surface area contributed by atoms with Crippen molar-refractivity contribution >= 4 is 33.1 Å². The molecule has 0 radical (unpaired) electrons. The maximum absolute atomic E-state index is 12.5. The third-order valence-electron chi connectivity index (χ3n) is 4.83. The van der Waals surface area contributed by atoms with Crippen molar-refractivity contribution in [1.82, 2.24) is 24.9 Å². The second kappa shape index (κ2) is 7.38. The van der Waals surface area contributed by atoms with Gasteiger partial charge in [0.15, 0.2) is 5.65 Å². The number of nitrogens with one attached hydrogen (secondary N) is 1. The number of ether oxygens (including phenoxy) is 2. The van der Waals surface area contributed by atoms with E-state index in [2.05, 4.69) is 29.2 Å². The first-order valence-electron chi connectivity index (χ1n) is 9.57. The molecule has 0 saturated heterocycles. The number of carbonyl (C=O) groups excluding carboxylic acids is 1. The fourth-order valence-electron chi connectivity index (χ4n) is 3.44. The zero-order valence-electron chi connectivity index (χ0n) is 16.7. The minimum Gasteiger partial charge on any atom is -0.382 e. The minimum atomic E-state index is -0.277. The van der Waals surface area contributed by atoms with Gasteiger partial charge in [-0.15, -0.1) is 16.4 Å². The van der Waals surface area contributed by atoms with Crippen LogP contribution in [0.1, 0.15) is 54.1 Å². The van der Waals surface area contributed by atoms with Crippen molar-refractivity contribution in [3.05, 3.63) is 22.1 Å².